The molecule has 2 heterocycles. The number of halogens is 2. The van der Waals surface area contributed by atoms with Crippen molar-refractivity contribution in [1.29, 1.82) is 0 Å². The zero-order chi connectivity index (χ0) is 21.8. The van der Waals surface area contributed by atoms with Crippen LogP contribution < -0.4 is 15.1 Å². The van der Waals surface area contributed by atoms with E-state index in [0.717, 1.165) is 54.8 Å². The molecule has 0 bridgehead atoms. The number of imide groups is 1. The second kappa shape index (κ2) is 9.77. The maximum Gasteiger partial charge on any atom is 0.251 e. The molecule has 2 fully saturated rings. The normalized spacial score (nSPS) is 20.0. The maximum atomic E-state index is 13.1. The van der Waals surface area contributed by atoms with E-state index in [4.69, 9.17) is 11.6 Å². The van der Waals surface area contributed by atoms with E-state index in [1.54, 1.807) is 0 Å². The van der Waals surface area contributed by atoms with E-state index >= 15 is 0 Å². The number of piperazine rings is 1. The highest BCUT2D eigenvalue weighted by Gasteiger charge is 2.39. The third kappa shape index (κ3) is 5.23. The number of hydrogen-bond donors (Lipinski definition) is 1. The molecule has 0 saturated carbocycles. The Morgan fingerprint density at radius 1 is 1.00 bits per heavy atom. The van der Waals surface area contributed by atoms with Gasteiger partial charge in [0.1, 0.15) is 5.82 Å². The number of rotatable bonds is 7. The van der Waals surface area contributed by atoms with E-state index in [1.807, 2.05) is 18.2 Å². The average molecular weight is 445 g/mol. The van der Waals surface area contributed by atoms with Crippen molar-refractivity contribution in [2.24, 2.45) is 0 Å². The third-order valence-corrected chi connectivity index (χ3v) is 6.05. The van der Waals surface area contributed by atoms with Crippen molar-refractivity contribution in [3.63, 3.8) is 0 Å². The van der Waals surface area contributed by atoms with Crippen LogP contribution in [0, 0.1) is 5.82 Å². The molecule has 0 radical (unpaired) electrons. The molecule has 0 spiro atoms. The first-order valence-electron chi connectivity index (χ1n) is 10.6. The van der Waals surface area contributed by atoms with Crippen LogP contribution in [0.1, 0.15) is 12.8 Å². The average Bonchev–Trinajstić information content (AvgIpc) is 3.05. The minimum atomic E-state index is -0.516. The first kappa shape index (κ1) is 21.7. The number of carbonyl (C=O) groups is 2. The molecule has 2 aliphatic rings. The summed E-state index contributed by atoms with van der Waals surface area (Å²) < 4.78 is 13.1. The number of amides is 2. The zero-order valence-electron chi connectivity index (χ0n) is 17.3. The smallest absolute Gasteiger partial charge is 0.251 e. The Bertz CT molecular complexity index is 931. The largest absolute Gasteiger partial charge is 0.369 e. The molecule has 164 valence electrons. The number of benzene rings is 2. The molecule has 8 heteroatoms. The highest BCUT2D eigenvalue weighted by atomic mass is 35.5. The van der Waals surface area contributed by atoms with Gasteiger partial charge in [-0.1, -0.05) is 17.7 Å². The number of nitrogens with zero attached hydrogens (tertiary/aromatic N) is 3. The molecule has 6 nitrogen and oxygen atoms in total. The van der Waals surface area contributed by atoms with Gasteiger partial charge in [0.2, 0.25) is 5.91 Å². The molecular formula is C23H26ClFN4O2. The van der Waals surface area contributed by atoms with E-state index in [2.05, 4.69) is 21.2 Å². The van der Waals surface area contributed by atoms with Crippen molar-refractivity contribution < 1.29 is 14.0 Å². The quantitative estimate of drug-likeness (QED) is 0.525. The van der Waals surface area contributed by atoms with Gasteiger partial charge in [-0.25, -0.2) is 9.29 Å². The van der Waals surface area contributed by atoms with Crippen LogP contribution in [0.5, 0.6) is 0 Å². The molecule has 0 aromatic heterocycles. The summed E-state index contributed by atoms with van der Waals surface area (Å²) in [5, 5.41) is 3.97. The van der Waals surface area contributed by atoms with Crippen molar-refractivity contribution in [3.8, 4) is 0 Å². The Morgan fingerprint density at radius 2 is 1.74 bits per heavy atom. The third-order valence-electron chi connectivity index (χ3n) is 5.82. The summed E-state index contributed by atoms with van der Waals surface area (Å²) >= 11 is 6.09. The maximum absolute atomic E-state index is 13.1. The minimum Gasteiger partial charge on any atom is -0.369 e. The van der Waals surface area contributed by atoms with Gasteiger partial charge >= 0.3 is 0 Å². The second-order valence-corrected chi connectivity index (χ2v) is 8.35. The van der Waals surface area contributed by atoms with Crippen LogP contribution in [-0.4, -0.2) is 62.0 Å². The van der Waals surface area contributed by atoms with Crippen molar-refractivity contribution in [1.82, 2.24) is 10.2 Å². The highest BCUT2D eigenvalue weighted by Crippen LogP contribution is 2.23. The summed E-state index contributed by atoms with van der Waals surface area (Å²) in [7, 11) is 0. The van der Waals surface area contributed by atoms with Gasteiger partial charge in [0.05, 0.1) is 18.2 Å². The van der Waals surface area contributed by atoms with Crippen molar-refractivity contribution in [2.45, 2.75) is 18.9 Å². The lowest BCUT2D eigenvalue weighted by Gasteiger charge is -2.36. The van der Waals surface area contributed by atoms with Crippen LogP contribution in [0.25, 0.3) is 0 Å². The predicted octanol–water partition coefficient (Wildman–Crippen LogP) is 2.91. The van der Waals surface area contributed by atoms with Crippen LogP contribution in [-0.2, 0) is 9.59 Å². The molecule has 2 aromatic carbocycles. The SMILES string of the molecule is O=C1C[C@@H](NCCCN2CCN(c3cccc(Cl)c3)CC2)C(=O)N1c1ccc(F)cc1. The molecule has 31 heavy (non-hydrogen) atoms. The molecule has 1 N–H and O–H groups in total. The Hall–Kier alpha value is -2.48. The molecule has 4 rings (SSSR count). The van der Waals surface area contributed by atoms with E-state index in [0.29, 0.717) is 12.2 Å². The Balaban J connectivity index is 1.19. The predicted molar refractivity (Wildman–Crippen MR) is 120 cm³/mol. The van der Waals surface area contributed by atoms with E-state index in [9.17, 15) is 14.0 Å². The molecule has 0 unspecified atom stereocenters. The van der Waals surface area contributed by atoms with Gasteiger partial charge in [0, 0.05) is 36.9 Å². The van der Waals surface area contributed by atoms with Gasteiger partial charge in [-0.3, -0.25) is 14.5 Å². The molecule has 0 aliphatic carbocycles. The molecule has 2 amide bonds. The topological polar surface area (TPSA) is 55.9 Å². The standard InChI is InChI=1S/C23H26ClFN4O2/c24-17-3-1-4-20(15-17)28-13-11-27(12-14-28)10-2-9-26-21-16-22(30)29(23(21)31)19-7-5-18(25)6-8-19/h1,3-8,15,21,26H,2,9-14,16H2/t21-/m1/s1. The van der Waals surface area contributed by atoms with Crippen LogP contribution in [0.2, 0.25) is 5.02 Å². The highest BCUT2D eigenvalue weighted by molar-refractivity contribution is 6.30. The number of nitrogens with one attached hydrogen (secondary N) is 1. The summed E-state index contributed by atoms with van der Waals surface area (Å²) in [4.78, 5) is 30.8. The van der Waals surface area contributed by atoms with Gasteiger partial charge in [0.25, 0.3) is 5.91 Å². The van der Waals surface area contributed by atoms with Gasteiger partial charge in [-0.15, -0.1) is 0 Å². The summed E-state index contributed by atoms with van der Waals surface area (Å²) in [5.74, 6) is -0.927. The summed E-state index contributed by atoms with van der Waals surface area (Å²) in [6.45, 7) is 5.46. The zero-order valence-corrected chi connectivity index (χ0v) is 18.0. The summed E-state index contributed by atoms with van der Waals surface area (Å²) in [5.41, 5.74) is 1.57. The van der Waals surface area contributed by atoms with Crippen LogP contribution in [0.3, 0.4) is 0 Å². The Labute approximate surface area is 186 Å². The monoisotopic (exact) mass is 444 g/mol. The molecular weight excluding hydrogens is 419 g/mol. The first-order chi connectivity index (χ1) is 15.0. The van der Waals surface area contributed by atoms with Gasteiger partial charge in [-0.2, -0.15) is 0 Å². The minimum absolute atomic E-state index is 0.133. The second-order valence-electron chi connectivity index (χ2n) is 7.92. The fourth-order valence-electron chi connectivity index (χ4n) is 4.13. The van der Waals surface area contributed by atoms with E-state index < -0.39 is 11.9 Å². The Kier molecular flexibility index (Phi) is 6.85. The molecule has 2 aromatic rings. The molecule has 2 aliphatic heterocycles. The van der Waals surface area contributed by atoms with Crippen LogP contribution in [0.15, 0.2) is 48.5 Å². The van der Waals surface area contributed by atoms with Crippen LogP contribution in [0.4, 0.5) is 15.8 Å². The fourth-order valence-corrected chi connectivity index (χ4v) is 4.32. The van der Waals surface area contributed by atoms with Gasteiger partial charge < -0.3 is 10.2 Å². The van der Waals surface area contributed by atoms with Crippen LogP contribution >= 0.6 is 11.6 Å². The lowest BCUT2D eigenvalue weighted by atomic mass is 10.2. The van der Waals surface area contributed by atoms with E-state index in [-0.39, 0.29) is 18.2 Å². The summed E-state index contributed by atoms with van der Waals surface area (Å²) in [6.07, 6.45) is 1.03. The number of anilines is 2. The lowest BCUT2D eigenvalue weighted by Crippen LogP contribution is -2.47. The van der Waals surface area contributed by atoms with Gasteiger partial charge in [-0.05, 0) is 62.0 Å². The molecule has 2 saturated heterocycles. The number of carbonyl (C=O) groups excluding carboxylic acids is 2. The lowest BCUT2D eigenvalue weighted by molar-refractivity contribution is -0.121. The van der Waals surface area contributed by atoms with Crippen molar-refractivity contribution in [3.05, 3.63) is 59.4 Å². The van der Waals surface area contributed by atoms with Gasteiger partial charge in [0.15, 0.2) is 0 Å². The number of hydrogen-bond acceptors (Lipinski definition) is 5. The fraction of sp³-hybridized carbons (Fsp3) is 0.391. The molecule has 1 atom stereocenters. The van der Waals surface area contributed by atoms with E-state index in [1.165, 1.54) is 24.3 Å². The Morgan fingerprint density at radius 3 is 2.45 bits per heavy atom. The van der Waals surface area contributed by atoms with Crippen molar-refractivity contribution in [2.75, 3.05) is 49.1 Å². The summed E-state index contributed by atoms with van der Waals surface area (Å²) in [6, 6.07) is 12.8. The van der Waals surface area contributed by atoms with Crippen molar-refractivity contribution >= 4 is 34.8 Å². The first-order valence-corrected chi connectivity index (χ1v) is 11.0.